The molecule has 0 bridgehead atoms. The molecule has 0 aliphatic rings. The average Bonchev–Trinajstić information content (AvgIpc) is 2.55. The first-order valence-electron chi connectivity index (χ1n) is 7.98. The predicted molar refractivity (Wildman–Crippen MR) is 96.4 cm³/mol. The normalized spacial score (nSPS) is 11.2. The molecule has 2 aromatic rings. The van der Waals surface area contributed by atoms with Gasteiger partial charge in [0.25, 0.3) is 5.91 Å². The summed E-state index contributed by atoms with van der Waals surface area (Å²) in [5.41, 5.74) is 2.96. The van der Waals surface area contributed by atoms with Crippen molar-refractivity contribution >= 4 is 11.6 Å². The smallest absolute Gasteiger partial charge is 0.256 e. The molecule has 0 unspecified atom stereocenters. The second kappa shape index (κ2) is 7.49. The zero-order chi connectivity index (χ0) is 17.7. The minimum absolute atomic E-state index is 0.179. The summed E-state index contributed by atoms with van der Waals surface area (Å²) < 4.78 is 11.2. The maximum absolute atomic E-state index is 12.2. The first-order chi connectivity index (χ1) is 11.3. The number of ether oxygens (including phenoxy) is 2. The Morgan fingerprint density at radius 1 is 1.08 bits per heavy atom. The third-order valence-electron chi connectivity index (χ3n) is 4.00. The molecule has 0 saturated carbocycles. The van der Waals surface area contributed by atoms with Crippen LogP contribution in [-0.4, -0.2) is 18.6 Å². The number of hydrogen-bond acceptors (Lipinski definition) is 3. The van der Waals surface area contributed by atoms with Gasteiger partial charge in [0.05, 0.1) is 0 Å². The van der Waals surface area contributed by atoms with Gasteiger partial charge in [-0.05, 0) is 56.5 Å². The van der Waals surface area contributed by atoms with Crippen molar-refractivity contribution in [3.63, 3.8) is 0 Å². The fraction of sp³-hybridized carbons (Fsp3) is 0.350. The maximum atomic E-state index is 12.2. The van der Waals surface area contributed by atoms with Crippen LogP contribution in [0.2, 0.25) is 0 Å². The summed E-state index contributed by atoms with van der Waals surface area (Å²) in [4.78, 5) is 12.2. The van der Waals surface area contributed by atoms with E-state index in [9.17, 15) is 4.79 Å². The Balaban J connectivity index is 2.12. The Labute approximate surface area is 143 Å². The molecule has 0 saturated heterocycles. The molecule has 2 aromatic carbocycles. The molecule has 0 heterocycles. The summed E-state index contributed by atoms with van der Waals surface area (Å²) in [6.45, 7) is 7.94. The lowest BCUT2D eigenvalue weighted by Gasteiger charge is -2.22. The molecule has 0 spiro atoms. The Bertz CT molecular complexity index is 685. The number of rotatable bonds is 6. The third-order valence-corrected chi connectivity index (χ3v) is 4.00. The summed E-state index contributed by atoms with van der Waals surface area (Å²) in [6.07, 6.45) is 0. The van der Waals surface area contributed by atoms with E-state index in [1.807, 2.05) is 56.3 Å². The van der Waals surface area contributed by atoms with E-state index in [0.717, 1.165) is 28.1 Å². The molecule has 128 valence electrons. The molecule has 24 heavy (non-hydrogen) atoms. The van der Waals surface area contributed by atoms with Gasteiger partial charge in [-0.1, -0.05) is 30.3 Å². The minimum Gasteiger partial charge on any atom is -0.488 e. The second-order valence-corrected chi connectivity index (χ2v) is 6.38. The monoisotopic (exact) mass is 327 g/mol. The molecule has 1 N–H and O–H groups in total. The van der Waals surface area contributed by atoms with E-state index in [1.54, 1.807) is 13.8 Å². The van der Waals surface area contributed by atoms with Crippen molar-refractivity contribution < 1.29 is 14.3 Å². The van der Waals surface area contributed by atoms with E-state index in [-0.39, 0.29) is 5.91 Å². The highest BCUT2D eigenvalue weighted by Crippen LogP contribution is 2.28. The van der Waals surface area contributed by atoms with E-state index in [0.29, 0.717) is 6.61 Å². The molecular weight excluding hydrogens is 302 g/mol. The van der Waals surface area contributed by atoms with Crippen molar-refractivity contribution in [2.24, 2.45) is 0 Å². The van der Waals surface area contributed by atoms with E-state index in [2.05, 4.69) is 5.32 Å². The van der Waals surface area contributed by atoms with Crippen LogP contribution in [0, 0.1) is 13.8 Å². The van der Waals surface area contributed by atoms with E-state index >= 15 is 0 Å². The Hall–Kier alpha value is -2.33. The van der Waals surface area contributed by atoms with Crippen molar-refractivity contribution in [3.8, 4) is 5.75 Å². The van der Waals surface area contributed by atoms with Gasteiger partial charge >= 0.3 is 0 Å². The van der Waals surface area contributed by atoms with Crippen molar-refractivity contribution in [2.75, 3.05) is 12.4 Å². The number of methoxy groups -OCH3 is 1. The van der Waals surface area contributed by atoms with Crippen LogP contribution in [0.25, 0.3) is 0 Å². The Morgan fingerprint density at radius 3 is 2.21 bits per heavy atom. The van der Waals surface area contributed by atoms with Gasteiger partial charge in [0.15, 0.2) is 0 Å². The van der Waals surface area contributed by atoms with Crippen molar-refractivity contribution in [2.45, 2.75) is 39.9 Å². The topological polar surface area (TPSA) is 47.6 Å². The van der Waals surface area contributed by atoms with E-state index in [1.165, 1.54) is 7.11 Å². The van der Waals surface area contributed by atoms with Gasteiger partial charge in [0.1, 0.15) is 18.0 Å². The fourth-order valence-electron chi connectivity index (χ4n) is 2.35. The van der Waals surface area contributed by atoms with Gasteiger partial charge < -0.3 is 14.8 Å². The third kappa shape index (κ3) is 4.36. The zero-order valence-electron chi connectivity index (χ0n) is 15.0. The Morgan fingerprint density at radius 2 is 1.67 bits per heavy atom. The number of hydrogen-bond donors (Lipinski definition) is 1. The lowest BCUT2D eigenvalue weighted by Crippen LogP contribution is -2.38. The van der Waals surface area contributed by atoms with Crippen LogP contribution in [0.3, 0.4) is 0 Å². The lowest BCUT2D eigenvalue weighted by molar-refractivity contribution is -0.133. The van der Waals surface area contributed by atoms with Gasteiger partial charge in [-0.15, -0.1) is 0 Å². The molecule has 2 rings (SSSR count). The molecule has 0 aliphatic carbocycles. The highest BCUT2D eigenvalue weighted by molar-refractivity contribution is 5.97. The maximum Gasteiger partial charge on any atom is 0.256 e. The SMILES string of the molecule is COC(C)(C)C(=O)Nc1cc(C)c(OCc2ccccc2)c(C)c1. The van der Waals surface area contributed by atoms with Gasteiger partial charge in [0, 0.05) is 12.8 Å². The second-order valence-electron chi connectivity index (χ2n) is 6.38. The standard InChI is InChI=1S/C20H25NO3/c1-14-11-17(21-19(22)20(3,4)23-5)12-15(2)18(14)24-13-16-9-7-6-8-10-16/h6-12H,13H2,1-5H3,(H,21,22). The number of amides is 1. The number of carbonyl (C=O) groups excluding carboxylic acids is 1. The average molecular weight is 327 g/mol. The highest BCUT2D eigenvalue weighted by Gasteiger charge is 2.27. The quantitative estimate of drug-likeness (QED) is 0.863. The van der Waals surface area contributed by atoms with Crippen LogP contribution in [0.1, 0.15) is 30.5 Å². The summed E-state index contributed by atoms with van der Waals surface area (Å²) >= 11 is 0. The van der Waals surface area contributed by atoms with Gasteiger partial charge in [-0.2, -0.15) is 0 Å². The molecule has 0 radical (unpaired) electrons. The summed E-state index contributed by atoms with van der Waals surface area (Å²) in [7, 11) is 1.52. The number of benzene rings is 2. The van der Waals surface area contributed by atoms with Crippen LogP contribution < -0.4 is 10.1 Å². The molecule has 0 atom stereocenters. The van der Waals surface area contributed by atoms with Crippen molar-refractivity contribution in [1.29, 1.82) is 0 Å². The van der Waals surface area contributed by atoms with Gasteiger partial charge in [-0.3, -0.25) is 4.79 Å². The minimum atomic E-state index is -0.871. The largest absolute Gasteiger partial charge is 0.488 e. The lowest BCUT2D eigenvalue weighted by atomic mass is 10.1. The van der Waals surface area contributed by atoms with E-state index < -0.39 is 5.60 Å². The zero-order valence-corrected chi connectivity index (χ0v) is 15.0. The molecule has 4 nitrogen and oxygen atoms in total. The van der Waals surface area contributed by atoms with Crippen LogP contribution in [0.15, 0.2) is 42.5 Å². The van der Waals surface area contributed by atoms with Crippen LogP contribution in [-0.2, 0) is 16.1 Å². The number of nitrogens with one attached hydrogen (secondary N) is 1. The summed E-state index contributed by atoms with van der Waals surface area (Å²) in [5.74, 6) is 0.671. The van der Waals surface area contributed by atoms with Crippen LogP contribution in [0.4, 0.5) is 5.69 Å². The molecule has 4 heteroatoms. The molecule has 0 aromatic heterocycles. The fourth-order valence-corrected chi connectivity index (χ4v) is 2.35. The van der Waals surface area contributed by atoms with E-state index in [4.69, 9.17) is 9.47 Å². The number of aryl methyl sites for hydroxylation is 2. The predicted octanol–water partition coefficient (Wildman–Crippen LogP) is 4.25. The molecule has 1 amide bonds. The summed E-state index contributed by atoms with van der Waals surface area (Å²) in [5, 5.41) is 2.90. The number of carbonyl (C=O) groups is 1. The molecule has 0 fully saturated rings. The first kappa shape index (κ1) is 18.0. The Kier molecular flexibility index (Phi) is 5.62. The first-order valence-corrected chi connectivity index (χ1v) is 7.98. The molecule has 0 aliphatic heterocycles. The van der Waals surface area contributed by atoms with Crippen molar-refractivity contribution in [1.82, 2.24) is 0 Å². The molecular formula is C20H25NO3. The van der Waals surface area contributed by atoms with Crippen LogP contribution >= 0.6 is 0 Å². The number of anilines is 1. The van der Waals surface area contributed by atoms with Crippen LogP contribution in [0.5, 0.6) is 5.75 Å². The van der Waals surface area contributed by atoms with Crippen molar-refractivity contribution in [3.05, 3.63) is 59.2 Å². The highest BCUT2D eigenvalue weighted by atomic mass is 16.5. The van der Waals surface area contributed by atoms with Gasteiger partial charge in [-0.25, -0.2) is 0 Å². The summed E-state index contributed by atoms with van der Waals surface area (Å²) in [6, 6.07) is 13.9. The van der Waals surface area contributed by atoms with Gasteiger partial charge in [0.2, 0.25) is 0 Å².